The number of carboxylic acid groups (broad SMARTS) is 2. The number of benzene rings is 2. The van der Waals surface area contributed by atoms with Crippen LogP contribution in [0, 0.1) is 0 Å². The van der Waals surface area contributed by atoms with E-state index in [0.717, 1.165) is 11.1 Å². The Labute approximate surface area is 169 Å². The number of carboxylic acids is 2. The van der Waals surface area contributed by atoms with Crippen molar-refractivity contribution >= 4 is 11.9 Å². The maximum atomic E-state index is 10.4. The van der Waals surface area contributed by atoms with Gasteiger partial charge in [0.25, 0.3) is 0 Å². The molecule has 2 rings (SSSR count). The maximum Gasteiger partial charge on any atom is 0.320 e. The predicted octanol–water partition coefficient (Wildman–Crippen LogP) is 0.691. The summed E-state index contributed by atoms with van der Waals surface area (Å²) in [7, 11) is 0. The van der Waals surface area contributed by atoms with Crippen molar-refractivity contribution in [1.29, 1.82) is 0 Å². The van der Waals surface area contributed by atoms with Gasteiger partial charge in [-0.15, -0.1) is 0 Å². The van der Waals surface area contributed by atoms with Crippen molar-refractivity contribution in [3.8, 4) is 11.5 Å². The molecule has 2 atom stereocenters. The minimum atomic E-state index is -1.02. The van der Waals surface area contributed by atoms with Crippen LogP contribution >= 0.6 is 0 Å². The Morgan fingerprint density at radius 2 is 0.963 bits per heavy atom. The van der Waals surface area contributed by atoms with Crippen LogP contribution in [0.1, 0.15) is 11.1 Å². The van der Waals surface area contributed by atoms with E-state index in [9.17, 15) is 9.59 Å². The molecular weight excluding hydrogens is 406 g/mol. The zero-order valence-electron chi connectivity index (χ0n) is 14.7. The van der Waals surface area contributed by atoms with Gasteiger partial charge in [0.1, 0.15) is 23.6 Å². The van der Waals surface area contributed by atoms with Gasteiger partial charge in [-0.2, -0.15) is 0 Å². The molecule has 142 valence electrons. The number of nitrogens with two attached hydrogens (primary N) is 2. The first-order valence-electron chi connectivity index (χ1n) is 7.71. The van der Waals surface area contributed by atoms with Gasteiger partial charge in [-0.1, -0.05) is 24.3 Å². The van der Waals surface area contributed by atoms with Crippen LogP contribution < -0.4 is 11.5 Å². The fourth-order valence-electron chi connectivity index (χ4n) is 1.95. The van der Waals surface area contributed by atoms with Gasteiger partial charge in [0.05, 0.1) is 0 Å². The molecule has 0 saturated carbocycles. The molecular formula is C18H22N2O6Zn. The van der Waals surface area contributed by atoms with E-state index in [0.29, 0.717) is 0 Å². The third-order valence-corrected chi connectivity index (χ3v) is 3.42. The van der Waals surface area contributed by atoms with Gasteiger partial charge in [0, 0.05) is 19.5 Å². The average molecular weight is 428 g/mol. The molecule has 0 spiro atoms. The summed E-state index contributed by atoms with van der Waals surface area (Å²) in [5.41, 5.74) is 12.2. The molecule has 2 unspecified atom stereocenters. The Balaban J connectivity index is 0.000000483. The van der Waals surface area contributed by atoms with Crippen LogP contribution in [0.5, 0.6) is 11.5 Å². The van der Waals surface area contributed by atoms with Crippen LogP contribution in [0.15, 0.2) is 48.5 Å². The fraction of sp³-hybridized carbons (Fsp3) is 0.222. The van der Waals surface area contributed by atoms with Gasteiger partial charge in [0.2, 0.25) is 0 Å². The first-order valence-corrected chi connectivity index (χ1v) is 7.71. The first-order chi connectivity index (χ1) is 12.2. The molecule has 0 fully saturated rings. The standard InChI is InChI=1S/2C9H11NO3.Zn/c2*10-8(9(12)13)5-6-1-3-7(11)4-2-6;/h2*1-4,8,11H,5,10H2,(H,12,13);. The Kier molecular flexibility index (Phi) is 10.9. The van der Waals surface area contributed by atoms with Gasteiger partial charge >= 0.3 is 11.9 Å². The van der Waals surface area contributed by atoms with Crippen molar-refractivity contribution in [2.75, 3.05) is 0 Å². The summed E-state index contributed by atoms with van der Waals surface area (Å²) in [5.74, 6) is -1.72. The Morgan fingerprint density at radius 3 is 1.19 bits per heavy atom. The molecule has 0 aliphatic carbocycles. The van der Waals surface area contributed by atoms with E-state index in [4.69, 9.17) is 31.9 Å². The van der Waals surface area contributed by atoms with E-state index >= 15 is 0 Å². The number of phenols is 2. The number of phenolic OH excluding ortho intramolecular Hbond substituents is 2. The zero-order chi connectivity index (χ0) is 19.7. The van der Waals surface area contributed by atoms with Crippen molar-refractivity contribution < 1.29 is 49.5 Å². The van der Waals surface area contributed by atoms with Gasteiger partial charge < -0.3 is 31.9 Å². The summed E-state index contributed by atoms with van der Waals surface area (Å²) >= 11 is 0. The van der Waals surface area contributed by atoms with E-state index in [1.54, 1.807) is 24.3 Å². The SMILES string of the molecule is NC(Cc1ccc(O)cc1)C(=O)O.NC(Cc1ccc(O)cc1)C(=O)O.[Zn]. The second-order valence-electron chi connectivity index (χ2n) is 5.63. The van der Waals surface area contributed by atoms with Gasteiger partial charge in [-0.05, 0) is 48.2 Å². The Hall–Kier alpha value is -2.48. The number of hydrogen-bond acceptors (Lipinski definition) is 6. The second kappa shape index (κ2) is 12.0. The summed E-state index contributed by atoms with van der Waals surface area (Å²) in [5, 5.41) is 35.0. The molecule has 27 heavy (non-hydrogen) atoms. The molecule has 0 aliphatic heterocycles. The summed E-state index contributed by atoms with van der Waals surface area (Å²) in [6, 6.07) is 10.8. The van der Waals surface area contributed by atoms with E-state index in [2.05, 4.69) is 0 Å². The van der Waals surface area contributed by atoms with Gasteiger partial charge in [-0.25, -0.2) is 0 Å². The van der Waals surface area contributed by atoms with Crippen molar-refractivity contribution in [3.05, 3.63) is 59.7 Å². The normalized spacial score (nSPS) is 11.9. The predicted molar refractivity (Wildman–Crippen MR) is 94.8 cm³/mol. The molecule has 0 radical (unpaired) electrons. The van der Waals surface area contributed by atoms with Crippen LogP contribution in [0.4, 0.5) is 0 Å². The van der Waals surface area contributed by atoms with Crippen LogP contribution in [0.2, 0.25) is 0 Å². The molecule has 0 aromatic heterocycles. The van der Waals surface area contributed by atoms with E-state index in [1.807, 2.05) is 0 Å². The van der Waals surface area contributed by atoms with Crippen molar-refractivity contribution in [2.45, 2.75) is 24.9 Å². The molecule has 2 aromatic rings. The van der Waals surface area contributed by atoms with Gasteiger partial charge in [0.15, 0.2) is 0 Å². The molecule has 0 saturated heterocycles. The van der Waals surface area contributed by atoms with Crippen LogP contribution in [0.25, 0.3) is 0 Å². The summed E-state index contributed by atoms with van der Waals surface area (Å²) in [6.07, 6.45) is 0.547. The van der Waals surface area contributed by atoms with Crippen molar-refractivity contribution in [1.82, 2.24) is 0 Å². The summed E-state index contributed by atoms with van der Waals surface area (Å²) in [6.45, 7) is 0. The van der Waals surface area contributed by atoms with E-state index in [-0.39, 0.29) is 43.8 Å². The molecule has 8 N–H and O–H groups in total. The van der Waals surface area contributed by atoms with E-state index < -0.39 is 24.0 Å². The maximum absolute atomic E-state index is 10.4. The Bertz CT molecular complexity index is 658. The van der Waals surface area contributed by atoms with Crippen molar-refractivity contribution in [3.63, 3.8) is 0 Å². The minimum absolute atomic E-state index is 0. The number of carbonyl (C=O) groups is 2. The average Bonchev–Trinajstić information content (AvgIpc) is 2.59. The third kappa shape index (κ3) is 9.70. The molecule has 0 bridgehead atoms. The number of rotatable bonds is 6. The topological polar surface area (TPSA) is 167 Å². The van der Waals surface area contributed by atoms with Gasteiger partial charge in [-0.3, -0.25) is 9.59 Å². The zero-order valence-corrected chi connectivity index (χ0v) is 17.6. The molecule has 2 aromatic carbocycles. The third-order valence-electron chi connectivity index (χ3n) is 3.42. The monoisotopic (exact) mass is 426 g/mol. The van der Waals surface area contributed by atoms with Crippen LogP contribution in [-0.2, 0) is 41.9 Å². The number of aliphatic carboxylic acids is 2. The Morgan fingerprint density at radius 1 is 0.704 bits per heavy atom. The molecule has 0 aliphatic rings. The molecule has 0 amide bonds. The minimum Gasteiger partial charge on any atom is -0.508 e. The number of aromatic hydroxyl groups is 2. The molecule has 0 heterocycles. The van der Waals surface area contributed by atoms with Crippen molar-refractivity contribution in [2.24, 2.45) is 11.5 Å². The van der Waals surface area contributed by atoms with E-state index in [1.165, 1.54) is 24.3 Å². The first kappa shape index (κ1) is 24.5. The smallest absolute Gasteiger partial charge is 0.320 e. The largest absolute Gasteiger partial charge is 0.508 e. The quantitative estimate of drug-likeness (QED) is 0.366. The van der Waals surface area contributed by atoms with Crippen LogP contribution in [0.3, 0.4) is 0 Å². The van der Waals surface area contributed by atoms with Crippen LogP contribution in [-0.4, -0.2) is 44.4 Å². The fourth-order valence-corrected chi connectivity index (χ4v) is 1.95. The summed E-state index contributed by atoms with van der Waals surface area (Å²) in [4.78, 5) is 20.8. The second-order valence-corrected chi connectivity index (χ2v) is 5.63. The number of hydrogen-bond donors (Lipinski definition) is 6. The summed E-state index contributed by atoms with van der Waals surface area (Å²) < 4.78 is 0. The molecule has 8 nitrogen and oxygen atoms in total. The molecule has 9 heteroatoms.